The number of nitrogens with zero attached hydrogens (tertiary/aromatic N) is 3. The SMILES string of the molecule is O=C1/C(=C/c2cc(N=Nc3cccc(Cl)c3)ccc2O)SC(=S)N1Cc1ccccc1. The van der Waals surface area contributed by atoms with Gasteiger partial charge in [-0.25, -0.2) is 0 Å². The topological polar surface area (TPSA) is 65.3 Å². The first-order valence-corrected chi connectivity index (χ1v) is 10.9. The van der Waals surface area contributed by atoms with E-state index in [4.69, 9.17) is 23.8 Å². The van der Waals surface area contributed by atoms with E-state index in [1.165, 1.54) is 17.8 Å². The predicted octanol–water partition coefficient (Wildman–Crippen LogP) is 6.86. The van der Waals surface area contributed by atoms with E-state index in [2.05, 4.69) is 10.2 Å². The first-order chi connectivity index (χ1) is 15.0. The third kappa shape index (κ3) is 5.19. The van der Waals surface area contributed by atoms with E-state index in [-0.39, 0.29) is 11.7 Å². The maximum absolute atomic E-state index is 12.9. The van der Waals surface area contributed by atoms with Crippen LogP contribution in [0, 0.1) is 0 Å². The van der Waals surface area contributed by atoms with Crippen LogP contribution in [-0.2, 0) is 11.3 Å². The lowest BCUT2D eigenvalue weighted by Crippen LogP contribution is -2.27. The van der Waals surface area contributed by atoms with Crippen LogP contribution in [0.25, 0.3) is 6.08 Å². The molecule has 1 aliphatic heterocycles. The van der Waals surface area contributed by atoms with Crippen molar-refractivity contribution < 1.29 is 9.90 Å². The molecule has 3 aromatic carbocycles. The molecule has 1 amide bonds. The van der Waals surface area contributed by atoms with Crippen LogP contribution in [0.1, 0.15) is 11.1 Å². The van der Waals surface area contributed by atoms with Gasteiger partial charge in [-0.2, -0.15) is 10.2 Å². The van der Waals surface area contributed by atoms with Gasteiger partial charge in [0, 0.05) is 10.6 Å². The van der Waals surface area contributed by atoms with Gasteiger partial charge < -0.3 is 5.11 Å². The van der Waals surface area contributed by atoms with E-state index in [0.717, 1.165) is 5.56 Å². The molecule has 0 saturated carbocycles. The third-order valence-corrected chi connectivity index (χ3v) is 6.06. The molecule has 0 aromatic heterocycles. The molecule has 0 unspecified atom stereocenters. The van der Waals surface area contributed by atoms with Crippen molar-refractivity contribution in [2.45, 2.75) is 6.54 Å². The van der Waals surface area contributed by atoms with Gasteiger partial charge in [-0.05, 0) is 48.0 Å². The van der Waals surface area contributed by atoms with E-state index in [1.807, 2.05) is 30.3 Å². The predicted molar refractivity (Wildman–Crippen MR) is 129 cm³/mol. The molecule has 5 nitrogen and oxygen atoms in total. The number of phenolic OH excluding ortho intramolecular Hbond substituents is 1. The minimum atomic E-state index is -0.191. The second kappa shape index (κ2) is 9.43. The largest absolute Gasteiger partial charge is 0.507 e. The molecule has 0 spiro atoms. The van der Waals surface area contributed by atoms with Gasteiger partial charge in [-0.15, -0.1) is 0 Å². The highest BCUT2D eigenvalue weighted by Crippen LogP contribution is 2.36. The Labute approximate surface area is 194 Å². The van der Waals surface area contributed by atoms with Crippen molar-refractivity contribution in [3.8, 4) is 5.75 Å². The van der Waals surface area contributed by atoms with Crippen molar-refractivity contribution in [1.82, 2.24) is 4.90 Å². The lowest BCUT2D eigenvalue weighted by atomic mass is 10.1. The summed E-state index contributed by atoms with van der Waals surface area (Å²) in [5, 5.41) is 19.2. The summed E-state index contributed by atoms with van der Waals surface area (Å²) in [5.41, 5.74) is 2.60. The summed E-state index contributed by atoms with van der Waals surface area (Å²) < 4.78 is 0.483. The molecular formula is C23H16ClN3O2S2. The highest BCUT2D eigenvalue weighted by molar-refractivity contribution is 8.26. The molecule has 3 aromatic rings. The smallest absolute Gasteiger partial charge is 0.266 e. The number of carbonyl (C=O) groups is 1. The van der Waals surface area contributed by atoms with Crippen molar-refractivity contribution >= 4 is 63.3 Å². The van der Waals surface area contributed by atoms with Crippen LogP contribution in [0.15, 0.2) is 87.9 Å². The van der Waals surface area contributed by atoms with Crippen LogP contribution in [0.5, 0.6) is 5.75 Å². The lowest BCUT2D eigenvalue weighted by Gasteiger charge is -2.14. The Bertz CT molecular complexity index is 1210. The second-order valence-corrected chi connectivity index (χ2v) is 8.79. The van der Waals surface area contributed by atoms with Gasteiger partial charge in [0.05, 0.1) is 22.8 Å². The van der Waals surface area contributed by atoms with Crippen molar-refractivity contribution in [3.05, 3.63) is 93.9 Å². The van der Waals surface area contributed by atoms with Gasteiger partial charge in [0.1, 0.15) is 10.1 Å². The van der Waals surface area contributed by atoms with Crippen LogP contribution >= 0.6 is 35.6 Å². The second-order valence-electron chi connectivity index (χ2n) is 6.68. The standard InChI is InChI=1S/C23H16ClN3O2S2/c24-17-7-4-8-18(13-17)25-26-19-9-10-20(28)16(11-19)12-21-22(29)27(23(30)31-21)14-15-5-2-1-3-6-15/h1-13,28H,14H2/b21-12-,26-25?. The number of rotatable bonds is 5. The number of thioether (sulfide) groups is 1. The number of benzene rings is 3. The molecule has 31 heavy (non-hydrogen) atoms. The fourth-order valence-corrected chi connectivity index (χ4v) is 4.35. The average Bonchev–Trinajstić information content (AvgIpc) is 3.02. The van der Waals surface area contributed by atoms with Gasteiger partial charge in [-0.3, -0.25) is 9.69 Å². The summed E-state index contributed by atoms with van der Waals surface area (Å²) in [5.74, 6) is -0.153. The highest BCUT2D eigenvalue weighted by Gasteiger charge is 2.32. The summed E-state index contributed by atoms with van der Waals surface area (Å²) in [6.45, 7) is 0.405. The maximum atomic E-state index is 12.9. The minimum Gasteiger partial charge on any atom is -0.507 e. The fraction of sp³-hybridized carbons (Fsp3) is 0.0435. The van der Waals surface area contributed by atoms with E-state index in [9.17, 15) is 9.90 Å². The summed E-state index contributed by atoms with van der Waals surface area (Å²) in [6.07, 6.45) is 1.62. The van der Waals surface area contributed by atoms with Gasteiger partial charge in [-0.1, -0.05) is 72.0 Å². The van der Waals surface area contributed by atoms with Crippen LogP contribution in [-0.4, -0.2) is 20.2 Å². The molecular weight excluding hydrogens is 450 g/mol. The van der Waals surface area contributed by atoms with E-state index < -0.39 is 0 Å². The summed E-state index contributed by atoms with van der Waals surface area (Å²) in [4.78, 5) is 14.9. The molecule has 4 rings (SSSR count). The zero-order valence-corrected chi connectivity index (χ0v) is 18.5. The molecule has 0 radical (unpaired) electrons. The van der Waals surface area contributed by atoms with Crippen molar-refractivity contribution in [2.24, 2.45) is 10.2 Å². The molecule has 0 aliphatic carbocycles. The zero-order chi connectivity index (χ0) is 21.8. The Hall–Kier alpha value is -3.00. The first-order valence-electron chi connectivity index (χ1n) is 9.29. The average molecular weight is 466 g/mol. The number of hydrogen-bond donors (Lipinski definition) is 1. The summed E-state index contributed by atoms with van der Waals surface area (Å²) in [7, 11) is 0. The number of amides is 1. The Morgan fingerprint density at radius 3 is 2.48 bits per heavy atom. The normalized spacial score (nSPS) is 15.4. The number of hydrogen-bond acceptors (Lipinski definition) is 6. The monoisotopic (exact) mass is 465 g/mol. The summed E-state index contributed by atoms with van der Waals surface area (Å²) in [6, 6.07) is 21.5. The third-order valence-electron chi connectivity index (χ3n) is 4.44. The van der Waals surface area contributed by atoms with Gasteiger partial charge >= 0.3 is 0 Å². The molecule has 1 aliphatic rings. The Morgan fingerprint density at radius 2 is 1.74 bits per heavy atom. The molecule has 154 valence electrons. The quantitative estimate of drug-likeness (QED) is 0.254. The molecule has 0 bridgehead atoms. The molecule has 1 saturated heterocycles. The van der Waals surface area contributed by atoms with Crippen molar-refractivity contribution in [2.75, 3.05) is 0 Å². The number of thiocarbonyl (C=S) groups is 1. The first kappa shape index (κ1) is 21.2. The van der Waals surface area contributed by atoms with E-state index in [1.54, 1.807) is 47.4 Å². The van der Waals surface area contributed by atoms with Crippen molar-refractivity contribution in [3.63, 3.8) is 0 Å². The zero-order valence-electron chi connectivity index (χ0n) is 16.1. The number of halogens is 1. The number of azo groups is 1. The molecule has 1 heterocycles. The summed E-state index contributed by atoms with van der Waals surface area (Å²) >= 11 is 12.6. The number of phenols is 1. The Morgan fingerprint density at radius 1 is 1.00 bits per heavy atom. The van der Waals surface area contributed by atoms with E-state index >= 15 is 0 Å². The van der Waals surface area contributed by atoms with Crippen LogP contribution in [0.3, 0.4) is 0 Å². The van der Waals surface area contributed by atoms with Crippen molar-refractivity contribution in [1.29, 1.82) is 0 Å². The Kier molecular flexibility index (Phi) is 6.46. The number of aromatic hydroxyl groups is 1. The van der Waals surface area contributed by atoms with Crippen LogP contribution in [0.4, 0.5) is 11.4 Å². The molecule has 8 heteroatoms. The Balaban J connectivity index is 1.56. The van der Waals surface area contributed by atoms with E-state index in [0.29, 0.717) is 37.7 Å². The number of carbonyl (C=O) groups excluding carboxylic acids is 1. The van der Waals surface area contributed by atoms with Gasteiger partial charge in [0.2, 0.25) is 0 Å². The molecule has 0 atom stereocenters. The van der Waals surface area contributed by atoms with Crippen LogP contribution < -0.4 is 0 Å². The molecule has 1 N–H and O–H groups in total. The van der Waals surface area contributed by atoms with Crippen LogP contribution in [0.2, 0.25) is 5.02 Å². The fourth-order valence-electron chi connectivity index (χ4n) is 2.92. The highest BCUT2D eigenvalue weighted by atomic mass is 35.5. The van der Waals surface area contributed by atoms with Gasteiger partial charge in [0.25, 0.3) is 5.91 Å². The minimum absolute atomic E-state index is 0.0371. The van der Waals surface area contributed by atoms with Gasteiger partial charge in [0.15, 0.2) is 0 Å². The lowest BCUT2D eigenvalue weighted by molar-refractivity contribution is -0.122. The molecule has 1 fully saturated rings. The maximum Gasteiger partial charge on any atom is 0.266 e.